The number of piperazine rings is 1. The summed E-state index contributed by atoms with van der Waals surface area (Å²) in [6.45, 7) is 9.22. The lowest BCUT2D eigenvalue weighted by Crippen LogP contribution is -2.46. The Morgan fingerprint density at radius 3 is 2.46 bits per heavy atom. The molecule has 0 N–H and O–H groups in total. The lowest BCUT2D eigenvalue weighted by molar-refractivity contribution is 0.110. The van der Waals surface area contributed by atoms with Gasteiger partial charge in [0.2, 0.25) is 0 Å². The van der Waals surface area contributed by atoms with Crippen molar-refractivity contribution < 1.29 is 0 Å². The Morgan fingerprint density at radius 1 is 1.00 bits per heavy atom. The average molecular weight is 431 g/mol. The minimum Gasteiger partial charge on any atom is -0.304 e. The van der Waals surface area contributed by atoms with Gasteiger partial charge in [-0.1, -0.05) is 53.7 Å². The summed E-state index contributed by atoms with van der Waals surface area (Å²) in [5, 5.41) is 0. The van der Waals surface area contributed by atoms with E-state index in [4.69, 9.17) is 0 Å². The molecular formula is C22H27BrN2S. The molecule has 0 aromatic heterocycles. The normalized spacial score (nSPS) is 21.3. The topological polar surface area (TPSA) is 6.48 Å². The van der Waals surface area contributed by atoms with Gasteiger partial charge in [0, 0.05) is 46.5 Å². The zero-order valence-electron chi connectivity index (χ0n) is 15.8. The summed E-state index contributed by atoms with van der Waals surface area (Å²) in [7, 11) is 2.23. The smallest absolute Gasteiger partial charge is 0.0401 e. The maximum Gasteiger partial charge on any atom is 0.0401 e. The molecular weight excluding hydrogens is 404 g/mol. The lowest BCUT2D eigenvalue weighted by Gasteiger charge is -2.38. The highest BCUT2D eigenvalue weighted by atomic mass is 79.9. The molecule has 2 aliphatic rings. The van der Waals surface area contributed by atoms with Crippen molar-refractivity contribution >= 4 is 27.7 Å². The van der Waals surface area contributed by atoms with E-state index in [-0.39, 0.29) is 0 Å². The minimum atomic E-state index is 0.473. The zero-order chi connectivity index (χ0) is 18.3. The van der Waals surface area contributed by atoms with E-state index in [2.05, 4.69) is 83.0 Å². The molecule has 2 aromatic rings. The Bertz CT molecular complexity index is 797. The van der Waals surface area contributed by atoms with E-state index in [0.717, 1.165) is 32.6 Å². The van der Waals surface area contributed by atoms with E-state index in [0.29, 0.717) is 12.0 Å². The monoisotopic (exact) mass is 430 g/mol. The standard InChI is InChI=1S/C22H27BrN2S/c1-15(2)16-4-6-22-19(13-16)20(25-10-8-24(3)9-11-25)14-17-12-18(23)5-7-21(17)26-22/h4-7,12-13,15,20H,8-11,14H2,1-3H3. The van der Waals surface area contributed by atoms with Gasteiger partial charge in [-0.05, 0) is 60.3 Å². The van der Waals surface area contributed by atoms with Crippen LogP contribution in [0.3, 0.4) is 0 Å². The molecule has 2 aromatic carbocycles. The molecule has 0 saturated carbocycles. The summed E-state index contributed by atoms with van der Waals surface area (Å²) in [5.41, 5.74) is 4.45. The molecule has 2 heterocycles. The number of hydrogen-bond acceptors (Lipinski definition) is 3. The summed E-state index contributed by atoms with van der Waals surface area (Å²) >= 11 is 5.62. The number of halogens is 1. The molecule has 4 rings (SSSR count). The van der Waals surface area contributed by atoms with Crippen LogP contribution in [0.5, 0.6) is 0 Å². The van der Waals surface area contributed by atoms with Gasteiger partial charge in [-0.2, -0.15) is 0 Å². The summed E-state index contributed by atoms with van der Waals surface area (Å²) < 4.78 is 1.18. The second-order valence-electron chi connectivity index (χ2n) is 7.87. The van der Waals surface area contributed by atoms with Crippen molar-refractivity contribution in [2.24, 2.45) is 0 Å². The third-order valence-electron chi connectivity index (χ3n) is 5.69. The van der Waals surface area contributed by atoms with Crippen molar-refractivity contribution in [3.05, 3.63) is 57.6 Å². The second kappa shape index (κ2) is 7.67. The van der Waals surface area contributed by atoms with Crippen LogP contribution in [0.15, 0.2) is 50.7 Å². The Labute approximate surface area is 170 Å². The molecule has 2 nitrogen and oxygen atoms in total. The van der Waals surface area contributed by atoms with E-state index in [9.17, 15) is 0 Å². The number of nitrogens with zero attached hydrogens (tertiary/aromatic N) is 2. The third kappa shape index (κ3) is 3.75. The first-order valence-electron chi connectivity index (χ1n) is 9.54. The Morgan fingerprint density at radius 2 is 1.73 bits per heavy atom. The van der Waals surface area contributed by atoms with Gasteiger partial charge in [-0.15, -0.1) is 0 Å². The summed E-state index contributed by atoms with van der Waals surface area (Å²) in [6.07, 6.45) is 1.10. The first-order chi connectivity index (χ1) is 12.5. The first kappa shape index (κ1) is 18.5. The average Bonchev–Trinajstić information content (AvgIpc) is 2.78. The van der Waals surface area contributed by atoms with Gasteiger partial charge in [0.15, 0.2) is 0 Å². The van der Waals surface area contributed by atoms with E-state index >= 15 is 0 Å². The van der Waals surface area contributed by atoms with Crippen LogP contribution in [0, 0.1) is 0 Å². The Hall–Kier alpha value is -0.810. The molecule has 0 spiro atoms. The number of rotatable bonds is 2. The van der Waals surface area contributed by atoms with E-state index in [1.54, 1.807) is 0 Å². The first-order valence-corrected chi connectivity index (χ1v) is 11.1. The summed E-state index contributed by atoms with van der Waals surface area (Å²) in [5.74, 6) is 0.568. The highest BCUT2D eigenvalue weighted by Crippen LogP contribution is 2.44. The summed E-state index contributed by atoms with van der Waals surface area (Å²) in [6, 6.07) is 14.4. The van der Waals surface area contributed by atoms with Gasteiger partial charge >= 0.3 is 0 Å². The largest absolute Gasteiger partial charge is 0.304 e. The van der Waals surface area contributed by atoms with Crippen LogP contribution in [0.25, 0.3) is 0 Å². The fraction of sp³-hybridized carbons (Fsp3) is 0.455. The minimum absolute atomic E-state index is 0.473. The maximum atomic E-state index is 3.68. The summed E-state index contributed by atoms with van der Waals surface area (Å²) in [4.78, 5) is 7.99. The zero-order valence-corrected chi connectivity index (χ0v) is 18.2. The molecule has 0 aliphatic carbocycles. The number of likely N-dealkylation sites (N-methyl/N-ethyl adjacent to an activating group) is 1. The predicted octanol–water partition coefficient (Wildman–Crippen LogP) is 5.57. The number of fused-ring (bicyclic) bond motifs is 2. The van der Waals surface area contributed by atoms with Gasteiger partial charge in [-0.25, -0.2) is 0 Å². The second-order valence-corrected chi connectivity index (χ2v) is 9.86. The molecule has 1 saturated heterocycles. The molecule has 0 bridgehead atoms. The Kier molecular flexibility index (Phi) is 5.47. The molecule has 1 atom stereocenters. The SMILES string of the molecule is CC(C)c1ccc2c(c1)C(N1CCN(C)CC1)Cc1cc(Br)ccc1S2. The molecule has 4 heteroatoms. The van der Waals surface area contributed by atoms with Gasteiger partial charge in [-0.3, -0.25) is 4.90 Å². The number of benzene rings is 2. The molecule has 1 unspecified atom stereocenters. The van der Waals surface area contributed by atoms with Gasteiger partial charge in [0.1, 0.15) is 0 Å². The van der Waals surface area contributed by atoms with Crippen molar-refractivity contribution in [3.63, 3.8) is 0 Å². The van der Waals surface area contributed by atoms with Crippen molar-refractivity contribution in [1.29, 1.82) is 0 Å². The predicted molar refractivity (Wildman–Crippen MR) is 114 cm³/mol. The van der Waals surface area contributed by atoms with Gasteiger partial charge in [0.25, 0.3) is 0 Å². The van der Waals surface area contributed by atoms with Crippen LogP contribution in [-0.2, 0) is 6.42 Å². The quantitative estimate of drug-likeness (QED) is 0.614. The fourth-order valence-corrected chi connectivity index (χ4v) is 5.49. The molecule has 2 aliphatic heterocycles. The molecule has 1 fully saturated rings. The van der Waals surface area contributed by atoms with Crippen molar-refractivity contribution in [2.75, 3.05) is 33.2 Å². The van der Waals surface area contributed by atoms with Gasteiger partial charge < -0.3 is 4.90 Å². The Balaban J connectivity index is 1.78. The van der Waals surface area contributed by atoms with Crippen LogP contribution >= 0.6 is 27.7 Å². The maximum absolute atomic E-state index is 3.68. The van der Waals surface area contributed by atoms with Crippen molar-refractivity contribution in [3.8, 4) is 0 Å². The van der Waals surface area contributed by atoms with Crippen LogP contribution in [-0.4, -0.2) is 43.0 Å². The third-order valence-corrected chi connectivity index (χ3v) is 7.40. The molecule has 26 heavy (non-hydrogen) atoms. The van der Waals surface area contributed by atoms with Crippen LogP contribution in [0.4, 0.5) is 0 Å². The highest BCUT2D eigenvalue weighted by molar-refractivity contribution is 9.10. The van der Waals surface area contributed by atoms with E-state index in [1.165, 1.54) is 31.0 Å². The number of hydrogen-bond donors (Lipinski definition) is 0. The molecule has 138 valence electrons. The van der Waals surface area contributed by atoms with Crippen LogP contribution in [0.1, 0.15) is 42.5 Å². The molecule has 0 radical (unpaired) electrons. The van der Waals surface area contributed by atoms with E-state index < -0.39 is 0 Å². The van der Waals surface area contributed by atoms with Crippen molar-refractivity contribution in [2.45, 2.75) is 42.0 Å². The van der Waals surface area contributed by atoms with Crippen LogP contribution in [0.2, 0.25) is 0 Å². The van der Waals surface area contributed by atoms with Gasteiger partial charge in [0.05, 0.1) is 0 Å². The highest BCUT2D eigenvalue weighted by Gasteiger charge is 2.29. The van der Waals surface area contributed by atoms with Crippen molar-refractivity contribution in [1.82, 2.24) is 9.80 Å². The van der Waals surface area contributed by atoms with Crippen LogP contribution < -0.4 is 0 Å². The molecule has 0 amide bonds. The van der Waals surface area contributed by atoms with E-state index in [1.807, 2.05) is 11.8 Å². The lowest BCUT2D eigenvalue weighted by atomic mass is 9.93. The fourth-order valence-electron chi connectivity index (χ4n) is 3.98.